The van der Waals surface area contributed by atoms with Crippen molar-refractivity contribution in [1.29, 1.82) is 0 Å². The highest BCUT2D eigenvalue weighted by Gasteiger charge is 2.12. The van der Waals surface area contributed by atoms with Gasteiger partial charge in [0.25, 0.3) is 0 Å². The van der Waals surface area contributed by atoms with Crippen LogP contribution in [0.1, 0.15) is 34.6 Å². The van der Waals surface area contributed by atoms with Crippen molar-refractivity contribution >= 4 is 18.4 Å². The fraction of sp³-hybridized carbons (Fsp3) is 0.167. The molecular formula is C18H17O6. The van der Waals surface area contributed by atoms with Gasteiger partial charge in [0.15, 0.2) is 0 Å². The van der Waals surface area contributed by atoms with E-state index in [1.54, 1.807) is 74.5 Å². The van der Waals surface area contributed by atoms with Crippen molar-refractivity contribution in [3.05, 3.63) is 71.8 Å². The smallest absolute Gasteiger partial charge is 0.417 e. The first-order valence-electron chi connectivity index (χ1n) is 7.10. The second-order valence-electron chi connectivity index (χ2n) is 4.72. The van der Waals surface area contributed by atoms with Gasteiger partial charge in [0.05, 0.1) is 17.2 Å². The van der Waals surface area contributed by atoms with Crippen molar-refractivity contribution in [3.8, 4) is 0 Å². The third kappa shape index (κ3) is 7.22. The van der Waals surface area contributed by atoms with Crippen molar-refractivity contribution in [3.63, 3.8) is 0 Å². The van der Waals surface area contributed by atoms with Crippen LogP contribution in [0.2, 0.25) is 0 Å². The molecular weight excluding hydrogens is 312 g/mol. The second kappa shape index (κ2) is 10.6. The van der Waals surface area contributed by atoms with Crippen molar-refractivity contribution in [1.82, 2.24) is 0 Å². The van der Waals surface area contributed by atoms with Crippen LogP contribution in [0.25, 0.3) is 0 Å². The quantitative estimate of drug-likeness (QED) is 0.633. The first-order chi connectivity index (χ1) is 11.5. The van der Waals surface area contributed by atoms with Crippen LogP contribution in [0, 0.1) is 0 Å². The third-order valence-electron chi connectivity index (χ3n) is 2.50. The monoisotopic (exact) mass is 329 g/mol. The SMILES string of the molecule is CC(C)O[C]=O.O=C(OOC(=O)c1ccccc1)c1ccccc1. The summed E-state index contributed by atoms with van der Waals surface area (Å²) in [5.41, 5.74) is 0.636. The third-order valence-corrected chi connectivity index (χ3v) is 2.50. The summed E-state index contributed by atoms with van der Waals surface area (Å²) in [6, 6.07) is 16.6. The zero-order valence-electron chi connectivity index (χ0n) is 13.3. The maximum Gasteiger partial charge on any atom is 0.417 e. The van der Waals surface area contributed by atoms with E-state index in [-0.39, 0.29) is 6.10 Å². The van der Waals surface area contributed by atoms with Crippen molar-refractivity contribution < 1.29 is 28.9 Å². The molecule has 0 saturated carbocycles. The standard InChI is InChI=1S/C14H10O4.C4H7O2/c15-13(11-7-3-1-4-8-11)17-18-14(16)12-9-5-2-6-10-12;1-4(2)6-3-5/h1-10H;4H,1-2H3. The summed E-state index contributed by atoms with van der Waals surface area (Å²) in [6.07, 6.45) is -0.0255. The molecule has 0 aliphatic rings. The molecule has 1 radical (unpaired) electrons. The van der Waals surface area contributed by atoms with Gasteiger partial charge in [-0.1, -0.05) is 36.4 Å². The lowest BCUT2D eigenvalue weighted by molar-refractivity contribution is -0.187. The molecule has 2 aromatic carbocycles. The van der Waals surface area contributed by atoms with E-state index in [0.717, 1.165) is 0 Å². The Hall–Kier alpha value is -3.15. The maximum atomic E-state index is 11.5. The van der Waals surface area contributed by atoms with Crippen LogP contribution in [-0.4, -0.2) is 24.5 Å². The van der Waals surface area contributed by atoms with Crippen LogP contribution in [0.3, 0.4) is 0 Å². The highest BCUT2D eigenvalue weighted by Crippen LogP contribution is 2.05. The number of hydrogen-bond acceptors (Lipinski definition) is 6. The molecule has 0 N–H and O–H groups in total. The van der Waals surface area contributed by atoms with Gasteiger partial charge >= 0.3 is 18.4 Å². The first kappa shape index (κ1) is 18.9. The molecule has 0 aromatic heterocycles. The molecule has 0 amide bonds. The number of ether oxygens (including phenoxy) is 1. The molecule has 0 unspecified atom stereocenters. The van der Waals surface area contributed by atoms with Gasteiger partial charge < -0.3 is 4.74 Å². The molecule has 0 spiro atoms. The Kier molecular flexibility index (Phi) is 8.31. The molecule has 125 valence electrons. The largest absolute Gasteiger partial charge is 0.455 e. The molecule has 0 heterocycles. The van der Waals surface area contributed by atoms with Gasteiger partial charge in [-0.05, 0) is 38.1 Å². The normalized spacial score (nSPS) is 9.29. The summed E-state index contributed by atoms with van der Waals surface area (Å²) in [5, 5.41) is 0. The molecule has 0 atom stereocenters. The first-order valence-corrected chi connectivity index (χ1v) is 7.10. The van der Waals surface area contributed by atoms with E-state index >= 15 is 0 Å². The second-order valence-corrected chi connectivity index (χ2v) is 4.72. The zero-order chi connectivity index (χ0) is 17.8. The van der Waals surface area contributed by atoms with Crippen LogP contribution in [0.15, 0.2) is 60.7 Å². The van der Waals surface area contributed by atoms with Gasteiger partial charge in [-0.15, -0.1) is 0 Å². The fourth-order valence-electron chi connectivity index (χ4n) is 1.42. The maximum absolute atomic E-state index is 11.5. The Bertz CT molecular complexity index is 586. The molecule has 0 fully saturated rings. The minimum atomic E-state index is -0.708. The van der Waals surface area contributed by atoms with Crippen LogP contribution >= 0.6 is 0 Å². The molecule has 24 heavy (non-hydrogen) atoms. The summed E-state index contributed by atoms with van der Waals surface area (Å²) >= 11 is 0. The minimum Gasteiger partial charge on any atom is -0.455 e. The summed E-state index contributed by atoms with van der Waals surface area (Å²) in [7, 11) is 0. The molecule has 2 aromatic rings. The number of carbonyl (C=O) groups excluding carboxylic acids is 3. The minimum absolute atomic E-state index is 0.0255. The van der Waals surface area contributed by atoms with Crippen molar-refractivity contribution in [2.24, 2.45) is 0 Å². The number of rotatable bonds is 4. The topological polar surface area (TPSA) is 78.9 Å². The van der Waals surface area contributed by atoms with Gasteiger partial charge in [0.2, 0.25) is 0 Å². The van der Waals surface area contributed by atoms with Gasteiger partial charge in [0, 0.05) is 0 Å². The zero-order valence-corrected chi connectivity index (χ0v) is 13.3. The van der Waals surface area contributed by atoms with E-state index in [1.165, 1.54) is 6.47 Å². The Labute approximate surface area is 139 Å². The summed E-state index contributed by atoms with van der Waals surface area (Å²) in [6.45, 7) is 4.85. The molecule has 6 nitrogen and oxygen atoms in total. The molecule has 0 aliphatic heterocycles. The lowest BCUT2D eigenvalue weighted by Crippen LogP contribution is -2.11. The summed E-state index contributed by atoms with van der Waals surface area (Å²) in [4.78, 5) is 41.1. The van der Waals surface area contributed by atoms with E-state index in [2.05, 4.69) is 14.5 Å². The number of hydrogen-bond donors (Lipinski definition) is 0. The predicted octanol–water partition coefficient (Wildman–Crippen LogP) is 3.09. The molecule has 0 bridgehead atoms. The average Bonchev–Trinajstić information content (AvgIpc) is 2.61. The summed E-state index contributed by atoms with van der Waals surface area (Å²) in [5.74, 6) is -1.42. The fourth-order valence-corrected chi connectivity index (χ4v) is 1.42. The molecule has 6 heteroatoms. The summed E-state index contributed by atoms with van der Waals surface area (Å²) < 4.78 is 4.24. The van der Waals surface area contributed by atoms with E-state index < -0.39 is 11.9 Å². The van der Waals surface area contributed by atoms with Crippen molar-refractivity contribution in [2.75, 3.05) is 0 Å². The number of carbonyl (C=O) groups is 2. The Balaban J connectivity index is 0.000000413. The van der Waals surface area contributed by atoms with Crippen LogP contribution in [0.4, 0.5) is 0 Å². The van der Waals surface area contributed by atoms with E-state index in [4.69, 9.17) is 0 Å². The lowest BCUT2D eigenvalue weighted by Gasteiger charge is -2.02. The van der Waals surface area contributed by atoms with Crippen LogP contribution < -0.4 is 0 Å². The Morgan fingerprint density at radius 1 is 0.792 bits per heavy atom. The van der Waals surface area contributed by atoms with Crippen molar-refractivity contribution in [2.45, 2.75) is 20.0 Å². The lowest BCUT2D eigenvalue weighted by atomic mass is 10.2. The van der Waals surface area contributed by atoms with Crippen LogP contribution in [-0.2, 0) is 19.3 Å². The Morgan fingerprint density at radius 2 is 1.17 bits per heavy atom. The Morgan fingerprint density at radius 3 is 1.42 bits per heavy atom. The molecule has 0 aliphatic carbocycles. The van der Waals surface area contributed by atoms with Gasteiger partial charge in [-0.2, -0.15) is 0 Å². The van der Waals surface area contributed by atoms with Gasteiger partial charge in [-0.25, -0.2) is 24.2 Å². The van der Waals surface area contributed by atoms with Gasteiger partial charge in [0.1, 0.15) is 0 Å². The molecule has 2 rings (SSSR count). The van der Waals surface area contributed by atoms with Crippen LogP contribution in [0.5, 0.6) is 0 Å². The molecule has 0 saturated heterocycles. The van der Waals surface area contributed by atoms with E-state index in [9.17, 15) is 14.4 Å². The predicted molar refractivity (Wildman–Crippen MR) is 85.6 cm³/mol. The van der Waals surface area contributed by atoms with E-state index in [0.29, 0.717) is 11.1 Å². The highest BCUT2D eigenvalue weighted by molar-refractivity contribution is 5.92. The average molecular weight is 329 g/mol. The van der Waals surface area contributed by atoms with E-state index in [1.807, 2.05) is 0 Å². The van der Waals surface area contributed by atoms with Gasteiger partial charge in [-0.3, -0.25) is 0 Å². The number of benzene rings is 2. The highest BCUT2D eigenvalue weighted by atomic mass is 17.2.